The Labute approximate surface area is 106 Å². The molecule has 17 heavy (non-hydrogen) atoms. The molecule has 0 aromatic rings. The summed E-state index contributed by atoms with van der Waals surface area (Å²) in [7, 11) is 0. The van der Waals surface area contributed by atoms with Crippen molar-refractivity contribution in [2.24, 2.45) is 5.92 Å². The van der Waals surface area contributed by atoms with Gasteiger partial charge in [-0.1, -0.05) is 51.4 Å². The second-order valence-corrected chi connectivity index (χ2v) is 6.25. The minimum atomic E-state index is -0.384. The molecule has 2 aliphatic carbocycles. The Balaban J connectivity index is 1.55. The molecule has 2 rings (SSSR count). The summed E-state index contributed by atoms with van der Waals surface area (Å²) in [5.41, 5.74) is -0.384. The second kappa shape index (κ2) is 6.75. The minimum Gasteiger partial charge on any atom is -0.389 e. The molecular formula is C15H29NO. The van der Waals surface area contributed by atoms with Gasteiger partial charge in [0.05, 0.1) is 5.60 Å². The maximum Gasteiger partial charge on any atom is 0.0771 e. The molecule has 0 aromatic heterocycles. The summed E-state index contributed by atoms with van der Waals surface area (Å²) in [5.74, 6) is 0.956. The van der Waals surface area contributed by atoms with Crippen LogP contribution >= 0.6 is 0 Å². The van der Waals surface area contributed by atoms with Gasteiger partial charge in [-0.2, -0.15) is 0 Å². The average Bonchev–Trinajstić information content (AvgIpc) is 2.37. The molecule has 0 saturated heterocycles. The minimum absolute atomic E-state index is 0.384. The molecule has 0 aromatic carbocycles. The summed E-state index contributed by atoms with van der Waals surface area (Å²) in [6, 6.07) is 0. The predicted octanol–water partition coefficient (Wildman–Crippen LogP) is 3.24. The molecule has 0 spiro atoms. The van der Waals surface area contributed by atoms with Gasteiger partial charge in [-0.05, 0) is 31.7 Å². The number of nitrogens with one attached hydrogen (secondary N) is 1. The average molecular weight is 239 g/mol. The Morgan fingerprint density at radius 1 is 0.941 bits per heavy atom. The lowest BCUT2D eigenvalue weighted by Gasteiger charge is -2.32. The van der Waals surface area contributed by atoms with Gasteiger partial charge in [-0.25, -0.2) is 0 Å². The van der Waals surface area contributed by atoms with Gasteiger partial charge in [-0.3, -0.25) is 0 Å². The zero-order chi connectivity index (χ0) is 12.0. The molecule has 0 bridgehead atoms. The summed E-state index contributed by atoms with van der Waals surface area (Å²) >= 11 is 0. The van der Waals surface area contributed by atoms with E-state index in [2.05, 4.69) is 5.32 Å². The van der Waals surface area contributed by atoms with Crippen molar-refractivity contribution >= 4 is 0 Å². The molecule has 2 N–H and O–H groups in total. The fraction of sp³-hybridized carbons (Fsp3) is 1.00. The summed E-state index contributed by atoms with van der Waals surface area (Å²) < 4.78 is 0. The van der Waals surface area contributed by atoms with E-state index in [1.807, 2.05) is 0 Å². The fourth-order valence-corrected chi connectivity index (χ4v) is 3.49. The van der Waals surface area contributed by atoms with Gasteiger partial charge >= 0.3 is 0 Å². The summed E-state index contributed by atoms with van der Waals surface area (Å²) in [6.45, 7) is 1.92. The van der Waals surface area contributed by atoms with Crippen LogP contribution in [0.2, 0.25) is 0 Å². The normalized spacial score (nSPS) is 25.9. The third kappa shape index (κ3) is 4.59. The molecule has 2 aliphatic rings. The van der Waals surface area contributed by atoms with Crippen molar-refractivity contribution in [3.05, 3.63) is 0 Å². The lowest BCUT2D eigenvalue weighted by Crippen LogP contribution is -2.42. The zero-order valence-corrected chi connectivity index (χ0v) is 11.2. The first kappa shape index (κ1) is 13.4. The van der Waals surface area contributed by atoms with Gasteiger partial charge in [0.25, 0.3) is 0 Å². The summed E-state index contributed by atoms with van der Waals surface area (Å²) in [6.07, 6.45) is 14.2. The van der Waals surface area contributed by atoms with Crippen molar-refractivity contribution in [1.29, 1.82) is 0 Å². The molecule has 0 aliphatic heterocycles. The molecule has 0 amide bonds. The number of aliphatic hydroxyl groups is 1. The first-order valence-electron chi connectivity index (χ1n) is 7.72. The van der Waals surface area contributed by atoms with Crippen LogP contribution in [0.1, 0.15) is 70.6 Å². The van der Waals surface area contributed by atoms with Gasteiger partial charge in [0.1, 0.15) is 0 Å². The molecule has 0 unspecified atom stereocenters. The molecule has 2 fully saturated rings. The fourth-order valence-electron chi connectivity index (χ4n) is 3.49. The highest BCUT2D eigenvalue weighted by Gasteiger charge is 2.28. The molecule has 2 saturated carbocycles. The maximum atomic E-state index is 10.3. The van der Waals surface area contributed by atoms with Crippen molar-refractivity contribution in [3.63, 3.8) is 0 Å². The van der Waals surface area contributed by atoms with Gasteiger partial charge in [-0.15, -0.1) is 0 Å². The van der Waals surface area contributed by atoms with E-state index in [4.69, 9.17) is 0 Å². The number of rotatable bonds is 5. The van der Waals surface area contributed by atoms with Gasteiger partial charge in [0.2, 0.25) is 0 Å². The number of hydrogen-bond acceptors (Lipinski definition) is 2. The lowest BCUT2D eigenvalue weighted by atomic mass is 9.84. The van der Waals surface area contributed by atoms with Crippen LogP contribution in [0.5, 0.6) is 0 Å². The molecular weight excluding hydrogens is 210 g/mol. The standard InChI is InChI=1S/C15H29NO/c17-15(10-5-2-6-11-15)13-16-12-9-14-7-3-1-4-8-14/h14,16-17H,1-13H2. The number of hydrogen-bond donors (Lipinski definition) is 2. The van der Waals surface area contributed by atoms with E-state index in [-0.39, 0.29) is 5.60 Å². The lowest BCUT2D eigenvalue weighted by molar-refractivity contribution is 0.00477. The zero-order valence-electron chi connectivity index (χ0n) is 11.2. The molecule has 0 atom stereocenters. The summed E-state index contributed by atoms with van der Waals surface area (Å²) in [5, 5.41) is 13.8. The molecule has 100 valence electrons. The third-order valence-corrected chi connectivity index (χ3v) is 4.69. The maximum absolute atomic E-state index is 10.3. The van der Waals surface area contributed by atoms with Crippen LogP contribution in [0.15, 0.2) is 0 Å². The quantitative estimate of drug-likeness (QED) is 0.722. The van der Waals surface area contributed by atoms with E-state index in [9.17, 15) is 5.11 Å². The van der Waals surface area contributed by atoms with E-state index in [1.54, 1.807) is 0 Å². The Morgan fingerprint density at radius 2 is 1.59 bits per heavy atom. The second-order valence-electron chi connectivity index (χ2n) is 6.25. The molecule has 0 heterocycles. The summed E-state index contributed by atoms with van der Waals surface area (Å²) in [4.78, 5) is 0. The molecule has 0 radical (unpaired) electrons. The highest BCUT2D eigenvalue weighted by atomic mass is 16.3. The van der Waals surface area contributed by atoms with Crippen LogP contribution in [0, 0.1) is 5.92 Å². The smallest absolute Gasteiger partial charge is 0.0771 e. The van der Waals surface area contributed by atoms with Crippen LogP contribution in [-0.2, 0) is 0 Å². The van der Waals surface area contributed by atoms with E-state index in [0.29, 0.717) is 0 Å². The van der Waals surface area contributed by atoms with E-state index >= 15 is 0 Å². The monoisotopic (exact) mass is 239 g/mol. The van der Waals surface area contributed by atoms with Gasteiger partial charge < -0.3 is 10.4 Å². The van der Waals surface area contributed by atoms with Crippen molar-refractivity contribution in [2.75, 3.05) is 13.1 Å². The molecule has 2 nitrogen and oxygen atoms in total. The van der Waals surface area contributed by atoms with Gasteiger partial charge in [0.15, 0.2) is 0 Å². The highest BCUT2D eigenvalue weighted by Crippen LogP contribution is 2.28. The van der Waals surface area contributed by atoms with Crippen LogP contribution in [0.4, 0.5) is 0 Å². The van der Waals surface area contributed by atoms with E-state index in [1.165, 1.54) is 57.8 Å². The van der Waals surface area contributed by atoms with Crippen molar-refractivity contribution in [1.82, 2.24) is 5.32 Å². The Hall–Kier alpha value is -0.0800. The predicted molar refractivity (Wildman–Crippen MR) is 72.1 cm³/mol. The topological polar surface area (TPSA) is 32.3 Å². The largest absolute Gasteiger partial charge is 0.389 e. The van der Waals surface area contributed by atoms with E-state index in [0.717, 1.165) is 31.8 Å². The third-order valence-electron chi connectivity index (χ3n) is 4.69. The first-order valence-corrected chi connectivity index (χ1v) is 7.72. The highest BCUT2D eigenvalue weighted by molar-refractivity contribution is 4.84. The van der Waals surface area contributed by atoms with Crippen LogP contribution in [0.3, 0.4) is 0 Å². The Morgan fingerprint density at radius 3 is 2.29 bits per heavy atom. The SMILES string of the molecule is OC1(CNCCC2CCCCC2)CCCCC1. The van der Waals surface area contributed by atoms with Crippen LogP contribution in [0.25, 0.3) is 0 Å². The Kier molecular flexibility index (Phi) is 5.30. The van der Waals surface area contributed by atoms with Crippen molar-refractivity contribution in [2.45, 2.75) is 76.2 Å². The van der Waals surface area contributed by atoms with E-state index < -0.39 is 0 Å². The molecule has 2 heteroatoms. The van der Waals surface area contributed by atoms with Crippen LogP contribution < -0.4 is 5.32 Å². The van der Waals surface area contributed by atoms with Gasteiger partial charge in [0, 0.05) is 6.54 Å². The van der Waals surface area contributed by atoms with Crippen molar-refractivity contribution in [3.8, 4) is 0 Å². The van der Waals surface area contributed by atoms with Crippen molar-refractivity contribution < 1.29 is 5.11 Å². The first-order chi connectivity index (χ1) is 8.29. The van der Waals surface area contributed by atoms with Crippen LogP contribution in [-0.4, -0.2) is 23.8 Å². The Bertz CT molecular complexity index is 205.